The molecule has 2 amide bonds. The molecular weight excluding hydrogens is 532 g/mol. The Morgan fingerprint density at radius 1 is 0.780 bits per heavy atom. The van der Waals surface area contributed by atoms with E-state index in [0.717, 1.165) is 27.1 Å². The molecule has 0 radical (unpaired) electrons. The lowest BCUT2D eigenvalue weighted by Gasteiger charge is -2.31. The Hall–Kier alpha value is -4.20. The number of carboxylic acid groups (broad SMARTS) is 1. The van der Waals surface area contributed by atoms with Crippen molar-refractivity contribution in [1.29, 1.82) is 0 Å². The van der Waals surface area contributed by atoms with E-state index >= 15 is 0 Å². The first kappa shape index (κ1) is 27.0. The van der Waals surface area contributed by atoms with Crippen molar-refractivity contribution in [2.75, 3.05) is 12.3 Å². The van der Waals surface area contributed by atoms with Gasteiger partial charge >= 0.3 is 5.97 Å². The highest BCUT2D eigenvalue weighted by Gasteiger charge is 2.68. The van der Waals surface area contributed by atoms with E-state index in [1.807, 2.05) is 115 Å². The van der Waals surface area contributed by atoms with Gasteiger partial charge in [0.05, 0.1) is 11.8 Å². The highest BCUT2D eigenvalue weighted by atomic mass is 32.2. The number of carboxylic acids is 1. The van der Waals surface area contributed by atoms with Crippen molar-refractivity contribution >= 4 is 29.5 Å². The maximum atomic E-state index is 14.0. The van der Waals surface area contributed by atoms with Gasteiger partial charge < -0.3 is 5.11 Å². The SMILES string of the molecule is O=C1C2C(c3ccc(-c4ccccc4)cc3)NC(Cc3ccccc3)(C(=O)O)C2C(=O)N1CCSc1ccccc1. The molecule has 2 heterocycles. The summed E-state index contributed by atoms with van der Waals surface area (Å²) in [4.78, 5) is 43.3. The number of nitrogens with zero attached hydrogens (tertiary/aromatic N) is 1. The second kappa shape index (κ2) is 11.4. The van der Waals surface area contributed by atoms with Crippen molar-refractivity contribution in [3.63, 3.8) is 0 Å². The maximum absolute atomic E-state index is 14.0. The molecule has 4 aromatic rings. The molecule has 6 nitrogen and oxygen atoms in total. The van der Waals surface area contributed by atoms with Crippen molar-refractivity contribution in [2.24, 2.45) is 11.8 Å². The van der Waals surface area contributed by atoms with Crippen LogP contribution in [0.3, 0.4) is 0 Å². The summed E-state index contributed by atoms with van der Waals surface area (Å²) in [6.07, 6.45) is 0.0918. The van der Waals surface area contributed by atoms with Gasteiger partial charge in [0.15, 0.2) is 0 Å². The van der Waals surface area contributed by atoms with Gasteiger partial charge in [-0.05, 0) is 34.4 Å². The fourth-order valence-corrected chi connectivity index (χ4v) is 7.07. The summed E-state index contributed by atoms with van der Waals surface area (Å²) in [5, 5.41) is 14.0. The molecule has 4 unspecified atom stereocenters. The molecule has 2 saturated heterocycles. The van der Waals surface area contributed by atoms with Crippen LogP contribution in [-0.2, 0) is 20.8 Å². The van der Waals surface area contributed by atoms with Crippen LogP contribution < -0.4 is 5.32 Å². The molecule has 206 valence electrons. The Bertz CT molecular complexity index is 1550. The summed E-state index contributed by atoms with van der Waals surface area (Å²) in [5.74, 6) is -3.15. The number of aliphatic carboxylic acids is 1. The summed E-state index contributed by atoms with van der Waals surface area (Å²) >= 11 is 1.57. The first-order valence-corrected chi connectivity index (χ1v) is 14.7. The van der Waals surface area contributed by atoms with Crippen LogP contribution in [-0.4, -0.2) is 45.6 Å². The minimum Gasteiger partial charge on any atom is -0.480 e. The van der Waals surface area contributed by atoms with E-state index in [1.165, 1.54) is 4.90 Å². The molecule has 0 spiro atoms. The normalized spacial score (nSPS) is 23.5. The zero-order chi connectivity index (χ0) is 28.4. The van der Waals surface area contributed by atoms with Crippen molar-refractivity contribution in [3.8, 4) is 11.1 Å². The summed E-state index contributed by atoms with van der Waals surface area (Å²) in [6.45, 7) is 0.227. The first-order chi connectivity index (χ1) is 20.0. The van der Waals surface area contributed by atoms with Gasteiger partial charge in [-0.3, -0.25) is 24.6 Å². The van der Waals surface area contributed by atoms with E-state index in [2.05, 4.69) is 5.32 Å². The Kier molecular flexibility index (Phi) is 7.47. The van der Waals surface area contributed by atoms with Gasteiger partial charge in [-0.15, -0.1) is 11.8 Å². The number of carbonyl (C=O) groups is 3. The average molecular weight is 563 g/mol. The zero-order valence-electron chi connectivity index (χ0n) is 22.4. The predicted octanol–water partition coefficient (Wildman–Crippen LogP) is 5.46. The number of fused-ring (bicyclic) bond motifs is 1. The van der Waals surface area contributed by atoms with Crippen LogP contribution in [0.4, 0.5) is 0 Å². The predicted molar refractivity (Wildman–Crippen MR) is 159 cm³/mol. The lowest BCUT2D eigenvalue weighted by molar-refractivity contribution is -0.151. The Labute approximate surface area is 243 Å². The zero-order valence-corrected chi connectivity index (χ0v) is 23.2. The molecule has 2 aliphatic heterocycles. The lowest BCUT2D eigenvalue weighted by Crippen LogP contribution is -2.57. The summed E-state index contributed by atoms with van der Waals surface area (Å²) in [6, 6.07) is 36.3. The minimum absolute atomic E-state index is 0.0918. The number of benzene rings is 4. The number of thioether (sulfide) groups is 1. The third-order valence-corrected chi connectivity index (χ3v) is 9.15. The van der Waals surface area contributed by atoms with Crippen molar-refractivity contribution in [1.82, 2.24) is 10.2 Å². The number of likely N-dealkylation sites (tertiary alicyclic amines) is 1. The molecule has 7 heteroatoms. The third kappa shape index (κ3) is 5.07. The van der Waals surface area contributed by atoms with Crippen molar-refractivity contribution < 1.29 is 19.5 Å². The maximum Gasteiger partial charge on any atom is 0.325 e. The number of nitrogens with one attached hydrogen (secondary N) is 1. The van der Waals surface area contributed by atoms with E-state index in [1.54, 1.807) is 11.8 Å². The Morgan fingerprint density at radius 3 is 2.00 bits per heavy atom. The fourth-order valence-electron chi connectivity index (χ4n) is 6.21. The molecule has 41 heavy (non-hydrogen) atoms. The molecule has 0 bridgehead atoms. The van der Waals surface area contributed by atoms with Crippen LogP contribution in [0.2, 0.25) is 0 Å². The van der Waals surface area contributed by atoms with Crippen molar-refractivity contribution in [2.45, 2.75) is 22.9 Å². The van der Waals surface area contributed by atoms with Gasteiger partial charge in [0, 0.05) is 29.7 Å². The number of hydrogen-bond donors (Lipinski definition) is 2. The standard InChI is InChI=1S/C34H30N2O4S/c37-31-28-29(32(38)36(31)20-21-41-27-14-8-3-9-15-27)34(33(39)40,22-23-10-4-1-5-11-23)35-30(28)26-18-16-25(17-19-26)24-12-6-2-7-13-24/h1-19,28-30,35H,20-22H2,(H,39,40). The molecule has 0 aliphatic carbocycles. The van der Waals surface area contributed by atoms with Gasteiger partial charge in [0.25, 0.3) is 0 Å². The monoisotopic (exact) mass is 562 g/mol. The van der Waals surface area contributed by atoms with Crippen LogP contribution in [0.5, 0.6) is 0 Å². The smallest absolute Gasteiger partial charge is 0.325 e. The third-order valence-electron chi connectivity index (χ3n) is 8.16. The van der Waals surface area contributed by atoms with Crippen LogP contribution in [0.1, 0.15) is 17.2 Å². The summed E-state index contributed by atoms with van der Waals surface area (Å²) in [7, 11) is 0. The quantitative estimate of drug-likeness (QED) is 0.208. The van der Waals surface area contributed by atoms with Gasteiger partial charge in [-0.2, -0.15) is 0 Å². The van der Waals surface area contributed by atoms with Crippen LogP contribution in [0.15, 0.2) is 120 Å². The molecule has 0 aromatic heterocycles. The van der Waals surface area contributed by atoms with Crippen LogP contribution in [0, 0.1) is 11.8 Å². The van der Waals surface area contributed by atoms with E-state index < -0.39 is 35.3 Å². The topological polar surface area (TPSA) is 86.7 Å². The molecule has 2 N–H and O–H groups in total. The van der Waals surface area contributed by atoms with Gasteiger partial charge in [0.1, 0.15) is 5.54 Å². The number of imide groups is 1. The van der Waals surface area contributed by atoms with Gasteiger partial charge in [-0.25, -0.2) is 0 Å². The van der Waals surface area contributed by atoms with E-state index in [0.29, 0.717) is 5.75 Å². The molecule has 0 saturated carbocycles. The molecule has 2 fully saturated rings. The summed E-state index contributed by atoms with van der Waals surface area (Å²) in [5.41, 5.74) is 2.04. The minimum atomic E-state index is -1.62. The number of rotatable bonds is 9. The highest BCUT2D eigenvalue weighted by Crippen LogP contribution is 2.50. The Balaban J connectivity index is 1.34. The van der Waals surface area contributed by atoms with E-state index in [-0.39, 0.29) is 18.9 Å². The molecule has 6 rings (SSSR count). The largest absolute Gasteiger partial charge is 0.480 e. The number of carbonyl (C=O) groups excluding carboxylic acids is 2. The lowest BCUT2D eigenvalue weighted by atomic mass is 9.76. The molecule has 2 aliphatic rings. The van der Waals surface area contributed by atoms with Gasteiger partial charge in [-0.1, -0.05) is 103 Å². The Morgan fingerprint density at radius 2 is 1.37 bits per heavy atom. The van der Waals surface area contributed by atoms with Crippen molar-refractivity contribution in [3.05, 3.63) is 126 Å². The van der Waals surface area contributed by atoms with Gasteiger partial charge in [0.2, 0.25) is 11.8 Å². The van der Waals surface area contributed by atoms with E-state index in [4.69, 9.17) is 0 Å². The van der Waals surface area contributed by atoms with Crippen LogP contribution >= 0.6 is 11.8 Å². The summed E-state index contributed by atoms with van der Waals surface area (Å²) < 4.78 is 0. The average Bonchev–Trinajstić information content (AvgIpc) is 3.48. The second-order valence-electron chi connectivity index (χ2n) is 10.5. The van der Waals surface area contributed by atoms with Crippen LogP contribution in [0.25, 0.3) is 11.1 Å². The number of amides is 2. The molecular formula is C34H30N2O4S. The van der Waals surface area contributed by atoms with E-state index in [9.17, 15) is 19.5 Å². The number of hydrogen-bond acceptors (Lipinski definition) is 5. The highest BCUT2D eigenvalue weighted by molar-refractivity contribution is 7.99. The fraction of sp³-hybridized carbons (Fsp3) is 0.206. The second-order valence-corrected chi connectivity index (χ2v) is 11.7. The molecule has 4 aromatic carbocycles. The molecule has 4 atom stereocenters. The first-order valence-electron chi connectivity index (χ1n) is 13.7.